The summed E-state index contributed by atoms with van der Waals surface area (Å²) in [4.78, 5) is 13.3. The third-order valence-corrected chi connectivity index (χ3v) is 3.99. The number of hydrogen-bond donors (Lipinski definition) is 1. The van der Waals surface area contributed by atoms with Crippen LogP contribution in [0.2, 0.25) is 0 Å². The van der Waals surface area contributed by atoms with Crippen molar-refractivity contribution in [2.75, 3.05) is 0 Å². The van der Waals surface area contributed by atoms with E-state index in [1.165, 1.54) is 4.80 Å². The van der Waals surface area contributed by atoms with E-state index in [4.69, 9.17) is 0 Å². The number of fused-ring (bicyclic) bond motifs is 1. The summed E-state index contributed by atoms with van der Waals surface area (Å²) < 4.78 is 0. The zero-order valence-electron chi connectivity index (χ0n) is 14.4. The van der Waals surface area contributed by atoms with Crippen molar-refractivity contribution >= 4 is 22.9 Å². The first kappa shape index (κ1) is 16.6. The van der Waals surface area contributed by atoms with Gasteiger partial charge in [0.05, 0.1) is 6.21 Å². The molecule has 1 heterocycles. The monoisotopic (exact) mass is 356 g/mol. The number of benzene rings is 3. The van der Waals surface area contributed by atoms with E-state index in [0.29, 0.717) is 5.82 Å². The Morgan fingerprint density at radius 1 is 1.00 bits per heavy atom. The lowest BCUT2D eigenvalue weighted by Crippen LogP contribution is -2.24. The van der Waals surface area contributed by atoms with Gasteiger partial charge in [-0.3, -0.25) is 4.79 Å². The van der Waals surface area contributed by atoms with E-state index in [9.17, 15) is 4.79 Å². The summed E-state index contributed by atoms with van der Waals surface area (Å²) in [6.07, 6.45) is 1.63. The summed E-state index contributed by atoms with van der Waals surface area (Å²) in [6.45, 7) is -0.0628. The summed E-state index contributed by atoms with van der Waals surface area (Å²) in [7, 11) is 0. The number of hydrogen-bond acceptors (Lipinski definition) is 5. The standard InChI is InChI=1S/C20H16N6O/c27-19(14-26-24-20(23-25-26)16-8-2-1-3-9-16)22-21-13-17-11-6-10-15-7-4-5-12-18(15)17/h1-13H,14H2,(H,22,27)/b21-13-. The second kappa shape index (κ2) is 7.57. The second-order valence-corrected chi connectivity index (χ2v) is 5.87. The number of aromatic nitrogens is 4. The van der Waals surface area contributed by atoms with E-state index in [0.717, 1.165) is 21.9 Å². The Morgan fingerprint density at radius 2 is 1.78 bits per heavy atom. The maximum atomic E-state index is 12.1. The van der Waals surface area contributed by atoms with Crippen molar-refractivity contribution in [3.05, 3.63) is 78.4 Å². The number of carbonyl (C=O) groups excluding carboxylic acids is 1. The van der Waals surface area contributed by atoms with Gasteiger partial charge in [0, 0.05) is 11.1 Å². The van der Waals surface area contributed by atoms with Gasteiger partial charge in [-0.2, -0.15) is 9.90 Å². The van der Waals surface area contributed by atoms with Crippen LogP contribution in [0.5, 0.6) is 0 Å². The van der Waals surface area contributed by atoms with Crippen LogP contribution in [0, 0.1) is 0 Å². The molecule has 4 rings (SSSR count). The third kappa shape index (κ3) is 3.87. The zero-order valence-corrected chi connectivity index (χ0v) is 14.4. The molecule has 132 valence electrons. The summed E-state index contributed by atoms with van der Waals surface area (Å²) in [6, 6.07) is 23.4. The van der Waals surface area contributed by atoms with Crippen molar-refractivity contribution in [3.63, 3.8) is 0 Å². The highest BCUT2D eigenvalue weighted by atomic mass is 16.2. The minimum Gasteiger partial charge on any atom is -0.271 e. The van der Waals surface area contributed by atoms with Gasteiger partial charge in [0.15, 0.2) is 0 Å². The quantitative estimate of drug-likeness (QED) is 0.440. The van der Waals surface area contributed by atoms with E-state index >= 15 is 0 Å². The molecule has 0 unspecified atom stereocenters. The molecule has 0 aliphatic rings. The van der Waals surface area contributed by atoms with Crippen LogP contribution in [-0.4, -0.2) is 32.3 Å². The fraction of sp³-hybridized carbons (Fsp3) is 0.0500. The summed E-state index contributed by atoms with van der Waals surface area (Å²) in [5.41, 5.74) is 4.27. The van der Waals surface area contributed by atoms with Gasteiger partial charge in [-0.1, -0.05) is 72.8 Å². The fourth-order valence-electron chi connectivity index (χ4n) is 2.71. The SMILES string of the molecule is O=C(Cn1nnc(-c2ccccc2)n1)N/N=C\c1cccc2ccccc12. The molecular weight excluding hydrogens is 340 g/mol. The Kier molecular flexibility index (Phi) is 4.65. The van der Waals surface area contributed by atoms with Gasteiger partial charge < -0.3 is 0 Å². The molecule has 0 saturated heterocycles. The van der Waals surface area contributed by atoms with E-state index < -0.39 is 0 Å². The van der Waals surface area contributed by atoms with E-state index in [1.807, 2.05) is 72.8 Å². The van der Waals surface area contributed by atoms with Crippen LogP contribution in [0.4, 0.5) is 0 Å². The van der Waals surface area contributed by atoms with Crippen LogP contribution < -0.4 is 5.43 Å². The van der Waals surface area contributed by atoms with Crippen molar-refractivity contribution in [3.8, 4) is 11.4 Å². The van der Waals surface area contributed by atoms with E-state index in [2.05, 4.69) is 25.9 Å². The van der Waals surface area contributed by atoms with Crippen LogP contribution in [-0.2, 0) is 11.3 Å². The number of nitrogens with zero attached hydrogens (tertiary/aromatic N) is 5. The number of rotatable bonds is 5. The topological polar surface area (TPSA) is 85.1 Å². The maximum Gasteiger partial charge on any atom is 0.263 e. The first-order valence-corrected chi connectivity index (χ1v) is 8.42. The minimum absolute atomic E-state index is 0.0628. The average Bonchev–Trinajstić information content (AvgIpc) is 3.17. The van der Waals surface area contributed by atoms with Crippen molar-refractivity contribution in [1.82, 2.24) is 25.6 Å². The molecule has 0 saturated carbocycles. The predicted octanol–water partition coefficient (Wildman–Crippen LogP) is 2.64. The molecule has 0 aliphatic carbocycles. The molecule has 7 heteroatoms. The lowest BCUT2D eigenvalue weighted by atomic mass is 10.1. The third-order valence-electron chi connectivity index (χ3n) is 3.99. The normalized spacial score (nSPS) is 11.1. The van der Waals surface area contributed by atoms with Crippen molar-refractivity contribution in [2.45, 2.75) is 6.54 Å². The average molecular weight is 356 g/mol. The largest absolute Gasteiger partial charge is 0.271 e. The van der Waals surface area contributed by atoms with Crippen LogP contribution in [0.1, 0.15) is 5.56 Å². The zero-order chi connectivity index (χ0) is 18.5. The van der Waals surface area contributed by atoms with Gasteiger partial charge in [0.25, 0.3) is 5.91 Å². The number of tetrazole rings is 1. The van der Waals surface area contributed by atoms with Gasteiger partial charge in [0.2, 0.25) is 5.82 Å². The Morgan fingerprint density at radius 3 is 2.67 bits per heavy atom. The molecule has 3 aromatic carbocycles. The van der Waals surface area contributed by atoms with Gasteiger partial charge in [0.1, 0.15) is 6.54 Å². The highest BCUT2D eigenvalue weighted by molar-refractivity contribution is 5.99. The molecule has 1 N–H and O–H groups in total. The van der Waals surface area contributed by atoms with Crippen molar-refractivity contribution in [2.24, 2.45) is 5.10 Å². The van der Waals surface area contributed by atoms with E-state index in [1.54, 1.807) is 6.21 Å². The van der Waals surface area contributed by atoms with Gasteiger partial charge >= 0.3 is 0 Å². The number of nitrogens with one attached hydrogen (secondary N) is 1. The molecule has 0 bridgehead atoms. The summed E-state index contributed by atoms with van der Waals surface area (Å²) in [5.74, 6) is 0.145. The van der Waals surface area contributed by atoms with Crippen molar-refractivity contribution < 1.29 is 4.79 Å². The first-order chi connectivity index (χ1) is 13.3. The Bertz CT molecular complexity index is 1100. The lowest BCUT2D eigenvalue weighted by Gasteiger charge is -2.01. The van der Waals surface area contributed by atoms with E-state index in [-0.39, 0.29) is 12.5 Å². The second-order valence-electron chi connectivity index (χ2n) is 5.87. The van der Waals surface area contributed by atoms with Crippen LogP contribution in [0.25, 0.3) is 22.2 Å². The summed E-state index contributed by atoms with van der Waals surface area (Å²) >= 11 is 0. The van der Waals surface area contributed by atoms with Crippen LogP contribution in [0.15, 0.2) is 77.9 Å². The summed E-state index contributed by atoms with van der Waals surface area (Å²) in [5, 5.41) is 18.3. The molecule has 0 radical (unpaired) electrons. The molecule has 0 fully saturated rings. The molecular formula is C20H16N6O. The molecule has 1 aromatic heterocycles. The highest BCUT2D eigenvalue weighted by Gasteiger charge is 2.08. The van der Waals surface area contributed by atoms with Gasteiger partial charge in [-0.15, -0.1) is 10.2 Å². The molecule has 0 aliphatic heterocycles. The molecule has 1 amide bonds. The Hall–Kier alpha value is -3.87. The Labute approximate surface area is 155 Å². The smallest absolute Gasteiger partial charge is 0.263 e. The maximum absolute atomic E-state index is 12.1. The fourth-order valence-corrected chi connectivity index (χ4v) is 2.71. The molecule has 4 aromatic rings. The highest BCUT2D eigenvalue weighted by Crippen LogP contribution is 2.16. The van der Waals surface area contributed by atoms with Gasteiger partial charge in [-0.05, 0) is 16.0 Å². The van der Waals surface area contributed by atoms with Gasteiger partial charge in [-0.25, -0.2) is 5.43 Å². The first-order valence-electron chi connectivity index (χ1n) is 8.42. The number of amides is 1. The molecule has 0 atom stereocenters. The molecule has 27 heavy (non-hydrogen) atoms. The number of carbonyl (C=O) groups is 1. The minimum atomic E-state index is -0.330. The lowest BCUT2D eigenvalue weighted by molar-refractivity contribution is -0.122. The molecule has 0 spiro atoms. The predicted molar refractivity (Wildman–Crippen MR) is 103 cm³/mol. The van der Waals surface area contributed by atoms with Crippen LogP contribution in [0.3, 0.4) is 0 Å². The van der Waals surface area contributed by atoms with Crippen molar-refractivity contribution in [1.29, 1.82) is 0 Å². The van der Waals surface area contributed by atoms with Crippen LogP contribution >= 0.6 is 0 Å². The number of hydrazone groups is 1. The molecule has 7 nitrogen and oxygen atoms in total. The Balaban J connectivity index is 1.40.